The summed E-state index contributed by atoms with van der Waals surface area (Å²) in [4.78, 5) is 4.19. The molecule has 4 heteroatoms. The molecule has 0 atom stereocenters. The number of thiophene rings is 1. The Morgan fingerprint density at radius 1 is 1.24 bits per heavy atom. The molecule has 0 radical (unpaired) electrons. The number of aliphatic hydroxyl groups is 1. The molecule has 0 saturated carbocycles. The average Bonchev–Trinajstić information content (AvgIpc) is 2.94. The van der Waals surface area contributed by atoms with Crippen molar-refractivity contribution >= 4 is 17.0 Å². The van der Waals surface area contributed by atoms with Crippen molar-refractivity contribution in [3.63, 3.8) is 0 Å². The fourth-order valence-corrected chi connectivity index (χ4v) is 2.53. The third-order valence-corrected chi connectivity index (χ3v) is 3.80. The van der Waals surface area contributed by atoms with Crippen molar-refractivity contribution in [2.45, 2.75) is 13.0 Å². The number of benzene rings is 1. The van der Waals surface area contributed by atoms with Crippen LogP contribution in [0.4, 0.5) is 5.69 Å². The average molecular weight is 301 g/mol. The summed E-state index contributed by atoms with van der Waals surface area (Å²) < 4.78 is 5.82. The van der Waals surface area contributed by atoms with E-state index in [1.807, 2.05) is 55.4 Å². The summed E-state index contributed by atoms with van der Waals surface area (Å²) in [7, 11) is 4.02. The van der Waals surface area contributed by atoms with Crippen LogP contribution < -0.4 is 9.64 Å². The second-order valence-corrected chi connectivity index (χ2v) is 5.89. The summed E-state index contributed by atoms with van der Waals surface area (Å²) >= 11 is 1.62. The van der Waals surface area contributed by atoms with Gasteiger partial charge < -0.3 is 14.7 Å². The molecule has 0 aliphatic carbocycles. The molecule has 0 unspecified atom stereocenters. The summed E-state index contributed by atoms with van der Waals surface area (Å²) in [5.74, 6) is 6.82. The fraction of sp³-hybridized carbons (Fsp3) is 0.294. The van der Waals surface area contributed by atoms with Crippen LogP contribution in [-0.2, 0) is 6.61 Å². The number of nitrogens with zero attached hydrogens (tertiary/aromatic N) is 1. The van der Waals surface area contributed by atoms with E-state index in [-0.39, 0.29) is 6.61 Å². The first-order valence-corrected chi connectivity index (χ1v) is 7.59. The van der Waals surface area contributed by atoms with Crippen molar-refractivity contribution in [3.05, 3.63) is 46.2 Å². The van der Waals surface area contributed by atoms with Crippen molar-refractivity contribution in [2.75, 3.05) is 25.6 Å². The number of ether oxygens (including phenoxy) is 1. The van der Waals surface area contributed by atoms with Crippen LogP contribution in [0.3, 0.4) is 0 Å². The Balaban J connectivity index is 1.94. The molecule has 0 aliphatic heterocycles. The second-order valence-electron chi connectivity index (χ2n) is 4.72. The Morgan fingerprint density at radius 2 is 2.10 bits per heavy atom. The molecule has 1 aromatic carbocycles. The Morgan fingerprint density at radius 3 is 2.86 bits per heavy atom. The van der Waals surface area contributed by atoms with Gasteiger partial charge in [0.2, 0.25) is 0 Å². The maximum Gasteiger partial charge on any atom is 0.122 e. The van der Waals surface area contributed by atoms with Gasteiger partial charge in [-0.1, -0.05) is 17.9 Å². The van der Waals surface area contributed by atoms with Gasteiger partial charge in [0.15, 0.2) is 0 Å². The van der Waals surface area contributed by atoms with Gasteiger partial charge in [0.1, 0.15) is 12.4 Å². The van der Waals surface area contributed by atoms with Gasteiger partial charge in [0, 0.05) is 37.1 Å². The molecule has 0 bridgehead atoms. The molecule has 0 spiro atoms. The molecule has 1 N–H and O–H groups in total. The Hall–Kier alpha value is -1.96. The van der Waals surface area contributed by atoms with Crippen molar-refractivity contribution in [1.82, 2.24) is 0 Å². The lowest BCUT2D eigenvalue weighted by atomic mass is 10.3. The first-order chi connectivity index (χ1) is 10.2. The van der Waals surface area contributed by atoms with Gasteiger partial charge in [-0.05, 0) is 24.3 Å². The van der Waals surface area contributed by atoms with Gasteiger partial charge in [0.25, 0.3) is 0 Å². The molecule has 110 valence electrons. The molecule has 0 fully saturated rings. The lowest BCUT2D eigenvalue weighted by Crippen LogP contribution is -2.08. The zero-order chi connectivity index (χ0) is 15.1. The lowest BCUT2D eigenvalue weighted by molar-refractivity contribution is 0.305. The highest BCUT2D eigenvalue weighted by Crippen LogP contribution is 2.22. The highest BCUT2D eigenvalue weighted by Gasteiger charge is 2.02. The SMILES string of the molecule is CN(C)c1cccc(OCc2ccc(C#CCCO)s2)c1. The topological polar surface area (TPSA) is 32.7 Å². The van der Waals surface area contributed by atoms with E-state index < -0.39 is 0 Å². The lowest BCUT2D eigenvalue weighted by Gasteiger charge is -2.13. The molecule has 1 heterocycles. The molecule has 0 saturated heterocycles. The zero-order valence-electron chi connectivity index (χ0n) is 12.3. The van der Waals surface area contributed by atoms with Crippen LogP contribution in [0.25, 0.3) is 0 Å². The zero-order valence-corrected chi connectivity index (χ0v) is 13.1. The molecule has 21 heavy (non-hydrogen) atoms. The van der Waals surface area contributed by atoms with E-state index in [9.17, 15) is 0 Å². The van der Waals surface area contributed by atoms with Crippen LogP contribution in [-0.4, -0.2) is 25.8 Å². The van der Waals surface area contributed by atoms with Crippen LogP contribution in [0.5, 0.6) is 5.75 Å². The molecular formula is C17H19NO2S. The molecule has 1 aromatic heterocycles. The molecule has 3 nitrogen and oxygen atoms in total. The van der Waals surface area contributed by atoms with E-state index >= 15 is 0 Å². The van der Waals surface area contributed by atoms with Crippen LogP contribution in [0, 0.1) is 11.8 Å². The van der Waals surface area contributed by atoms with Gasteiger partial charge >= 0.3 is 0 Å². The van der Waals surface area contributed by atoms with Crippen molar-refractivity contribution < 1.29 is 9.84 Å². The Kier molecular flexibility index (Phi) is 5.68. The Labute approximate surface area is 129 Å². The summed E-state index contributed by atoms with van der Waals surface area (Å²) in [6.45, 7) is 0.653. The first kappa shape index (κ1) is 15.4. The number of anilines is 1. The van der Waals surface area contributed by atoms with Gasteiger partial charge in [-0.2, -0.15) is 0 Å². The number of hydrogen-bond acceptors (Lipinski definition) is 4. The second kappa shape index (κ2) is 7.72. The van der Waals surface area contributed by atoms with E-state index in [0.717, 1.165) is 21.2 Å². The van der Waals surface area contributed by atoms with Gasteiger partial charge in [-0.15, -0.1) is 11.3 Å². The molecule has 0 amide bonds. The van der Waals surface area contributed by atoms with E-state index in [0.29, 0.717) is 13.0 Å². The van der Waals surface area contributed by atoms with Crippen LogP contribution in [0.1, 0.15) is 16.2 Å². The summed E-state index contributed by atoms with van der Waals surface area (Å²) in [6, 6.07) is 12.0. The third kappa shape index (κ3) is 4.82. The van der Waals surface area contributed by atoms with Gasteiger partial charge in [0.05, 0.1) is 11.5 Å². The predicted molar refractivity (Wildman–Crippen MR) is 88.0 cm³/mol. The van der Waals surface area contributed by atoms with E-state index in [1.165, 1.54) is 0 Å². The van der Waals surface area contributed by atoms with Gasteiger partial charge in [-0.3, -0.25) is 0 Å². The maximum atomic E-state index is 8.70. The fourth-order valence-electron chi connectivity index (χ4n) is 1.73. The van der Waals surface area contributed by atoms with E-state index in [2.05, 4.69) is 11.8 Å². The highest BCUT2D eigenvalue weighted by molar-refractivity contribution is 7.12. The number of aliphatic hydroxyl groups excluding tert-OH is 1. The minimum absolute atomic E-state index is 0.108. The first-order valence-electron chi connectivity index (χ1n) is 6.77. The molecular weight excluding hydrogens is 282 g/mol. The van der Waals surface area contributed by atoms with E-state index in [4.69, 9.17) is 9.84 Å². The smallest absolute Gasteiger partial charge is 0.122 e. The largest absolute Gasteiger partial charge is 0.488 e. The highest BCUT2D eigenvalue weighted by atomic mass is 32.1. The number of rotatable bonds is 5. The molecule has 0 aliphatic rings. The monoisotopic (exact) mass is 301 g/mol. The third-order valence-electron chi connectivity index (χ3n) is 2.83. The minimum Gasteiger partial charge on any atom is -0.488 e. The van der Waals surface area contributed by atoms with Crippen molar-refractivity contribution in [3.8, 4) is 17.6 Å². The predicted octanol–water partition coefficient (Wildman–Crippen LogP) is 3.13. The molecule has 2 aromatic rings. The number of hydrogen-bond donors (Lipinski definition) is 1. The summed E-state index contributed by atoms with van der Waals surface area (Å²) in [5, 5.41) is 8.70. The van der Waals surface area contributed by atoms with Crippen LogP contribution in [0.2, 0.25) is 0 Å². The van der Waals surface area contributed by atoms with Crippen molar-refractivity contribution in [1.29, 1.82) is 0 Å². The minimum atomic E-state index is 0.108. The standard InChI is InChI=1S/C17H19NO2S/c1-18(2)14-6-5-7-15(12-14)20-13-17-10-9-16(21-17)8-3-4-11-19/h5-7,9-10,12,19H,4,11,13H2,1-2H3. The quantitative estimate of drug-likeness (QED) is 0.861. The van der Waals surface area contributed by atoms with Crippen LogP contribution in [0.15, 0.2) is 36.4 Å². The Bertz CT molecular complexity index is 637. The summed E-state index contributed by atoms with van der Waals surface area (Å²) in [5.41, 5.74) is 1.12. The molecule has 2 rings (SSSR count). The summed E-state index contributed by atoms with van der Waals surface area (Å²) in [6.07, 6.45) is 0.515. The van der Waals surface area contributed by atoms with E-state index in [1.54, 1.807) is 11.3 Å². The van der Waals surface area contributed by atoms with Gasteiger partial charge in [-0.25, -0.2) is 0 Å². The normalized spacial score (nSPS) is 9.86. The van der Waals surface area contributed by atoms with Crippen molar-refractivity contribution in [2.24, 2.45) is 0 Å². The van der Waals surface area contributed by atoms with Crippen LogP contribution >= 0.6 is 11.3 Å². The maximum absolute atomic E-state index is 8.70.